The fourth-order valence-corrected chi connectivity index (χ4v) is 2.75. The van der Waals surface area contributed by atoms with E-state index in [9.17, 15) is 0 Å². The standard InChI is InChI=1S/C12H21N3O2/c1-3-17-12(6-4-5-9(2)7-12)11-13-10(8-16)14-15-11/h9,16H,3-8H2,1-2H3,(H,13,14,15). The highest BCUT2D eigenvalue weighted by Gasteiger charge is 2.40. The summed E-state index contributed by atoms with van der Waals surface area (Å²) in [6.07, 6.45) is 4.31. The Morgan fingerprint density at radius 1 is 1.59 bits per heavy atom. The van der Waals surface area contributed by atoms with Crippen LogP contribution in [0.4, 0.5) is 0 Å². The highest BCUT2D eigenvalue weighted by atomic mass is 16.5. The van der Waals surface area contributed by atoms with Crippen molar-refractivity contribution < 1.29 is 9.84 Å². The Morgan fingerprint density at radius 2 is 2.41 bits per heavy atom. The lowest BCUT2D eigenvalue weighted by Gasteiger charge is -2.37. The minimum absolute atomic E-state index is 0.106. The van der Waals surface area contributed by atoms with Gasteiger partial charge in [-0.2, -0.15) is 5.10 Å². The molecule has 0 bridgehead atoms. The van der Waals surface area contributed by atoms with Crippen LogP contribution in [0, 0.1) is 5.92 Å². The summed E-state index contributed by atoms with van der Waals surface area (Å²) in [5.41, 5.74) is -0.351. The van der Waals surface area contributed by atoms with Crippen LogP contribution in [0.2, 0.25) is 0 Å². The Hall–Kier alpha value is -0.940. The highest BCUT2D eigenvalue weighted by molar-refractivity contribution is 5.05. The minimum atomic E-state index is -0.351. The van der Waals surface area contributed by atoms with Crippen LogP contribution in [0.3, 0.4) is 0 Å². The molecule has 0 aliphatic heterocycles. The zero-order valence-electron chi connectivity index (χ0n) is 10.6. The van der Waals surface area contributed by atoms with Gasteiger partial charge in [0.15, 0.2) is 5.82 Å². The topological polar surface area (TPSA) is 71.0 Å². The number of H-pyrrole nitrogens is 1. The van der Waals surface area contributed by atoms with Gasteiger partial charge in [0, 0.05) is 6.61 Å². The van der Waals surface area contributed by atoms with Gasteiger partial charge in [-0.05, 0) is 32.1 Å². The number of aromatic nitrogens is 3. The number of aliphatic hydroxyl groups excluding tert-OH is 1. The van der Waals surface area contributed by atoms with Gasteiger partial charge in [0.05, 0.1) is 0 Å². The van der Waals surface area contributed by atoms with Crippen LogP contribution in [0.25, 0.3) is 0 Å². The van der Waals surface area contributed by atoms with Crippen molar-refractivity contribution in [3.05, 3.63) is 11.6 Å². The summed E-state index contributed by atoms with van der Waals surface area (Å²) in [5.74, 6) is 1.85. The molecule has 1 fully saturated rings. The van der Waals surface area contributed by atoms with Crippen molar-refractivity contribution in [2.45, 2.75) is 51.7 Å². The van der Waals surface area contributed by atoms with Crippen LogP contribution >= 0.6 is 0 Å². The number of ether oxygens (including phenoxy) is 1. The first-order valence-corrected chi connectivity index (χ1v) is 6.37. The lowest BCUT2D eigenvalue weighted by Crippen LogP contribution is -2.36. The molecular weight excluding hydrogens is 218 g/mol. The van der Waals surface area contributed by atoms with Gasteiger partial charge in [-0.25, -0.2) is 4.98 Å². The first-order chi connectivity index (χ1) is 8.20. The lowest BCUT2D eigenvalue weighted by molar-refractivity contribution is -0.0879. The van der Waals surface area contributed by atoms with E-state index in [1.54, 1.807) is 0 Å². The van der Waals surface area contributed by atoms with Gasteiger partial charge in [0.1, 0.15) is 18.0 Å². The largest absolute Gasteiger partial charge is 0.388 e. The molecule has 5 heteroatoms. The van der Waals surface area contributed by atoms with E-state index >= 15 is 0 Å². The highest BCUT2D eigenvalue weighted by Crippen LogP contribution is 2.41. The van der Waals surface area contributed by atoms with E-state index in [-0.39, 0.29) is 12.2 Å². The molecule has 0 radical (unpaired) electrons. The quantitative estimate of drug-likeness (QED) is 0.839. The van der Waals surface area contributed by atoms with E-state index in [1.165, 1.54) is 6.42 Å². The molecule has 96 valence electrons. The van der Waals surface area contributed by atoms with Gasteiger partial charge in [-0.3, -0.25) is 5.10 Å². The molecule has 1 heterocycles. The second-order valence-corrected chi connectivity index (χ2v) is 4.89. The Bertz CT molecular complexity index is 362. The molecule has 5 nitrogen and oxygen atoms in total. The summed E-state index contributed by atoms with van der Waals surface area (Å²) < 4.78 is 5.96. The molecule has 2 N–H and O–H groups in total. The molecule has 1 aromatic rings. The van der Waals surface area contributed by atoms with Crippen molar-refractivity contribution >= 4 is 0 Å². The van der Waals surface area contributed by atoms with Crippen molar-refractivity contribution in [3.63, 3.8) is 0 Å². The molecule has 1 aliphatic carbocycles. The van der Waals surface area contributed by atoms with Crippen LogP contribution < -0.4 is 0 Å². The molecule has 2 rings (SSSR count). The predicted molar refractivity (Wildman–Crippen MR) is 63.2 cm³/mol. The first-order valence-electron chi connectivity index (χ1n) is 6.37. The van der Waals surface area contributed by atoms with Crippen LogP contribution in [-0.2, 0) is 16.9 Å². The monoisotopic (exact) mass is 239 g/mol. The fraction of sp³-hybridized carbons (Fsp3) is 0.833. The number of aromatic amines is 1. The summed E-state index contributed by atoms with van der Waals surface area (Å²) in [7, 11) is 0. The third-order valence-electron chi connectivity index (χ3n) is 3.47. The average molecular weight is 239 g/mol. The Kier molecular flexibility index (Phi) is 3.79. The van der Waals surface area contributed by atoms with Gasteiger partial charge in [-0.15, -0.1) is 0 Å². The lowest BCUT2D eigenvalue weighted by atomic mass is 9.78. The molecule has 0 aromatic carbocycles. The molecule has 0 amide bonds. The summed E-state index contributed by atoms with van der Waals surface area (Å²) >= 11 is 0. The van der Waals surface area contributed by atoms with Crippen LogP contribution in [-0.4, -0.2) is 26.9 Å². The summed E-state index contributed by atoms with van der Waals surface area (Å²) in [4.78, 5) is 4.34. The third-order valence-corrected chi connectivity index (χ3v) is 3.47. The smallest absolute Gasteiger partial charge is 0.182 e. The number of aliphatic hydroxyl groups is 1. The minimum Gasteiger partial charge on any atom is -0.388 e. The summed E-state index contributed by atoms with van der Waals surface area (Å²) in [6.45, 7) is 4.80. The maximum absolute atomic E-state index is 9.04. The molecule has 0 saturated heterocycles. The summed E-state index contributed by atoms with van der Waals surface area (Å²) in [5, 5.41) is 16.0. The van der Waals surface area contributed by atoms with E-state index in [1.807, 2.05) is 6.92 Å². The molecule has 17 heavy (non-hydrogen) atoms. The number of nitrogens with one attached hydrogen (secondary N) is 1. The average Bonchev–Trinajstić information content (AvgIpc) is 2.78. The molecule has 1 aromatic heterocycles. The van der Waals surface area contributed by atoms with E-state index in [2.05, 4.69) is 22.1 Å². The van der Waals surface area contributed by atoms with Crippen molar-refractivity contribution in [2.75, 3.05) is 6.61 Å². The van der Waals surface area contributed by atoms with E-state index in [0.29, 0.717) is 24.2 Å². The molecule has 0 spiro atoms. The number of rotatable bonds is 4. The fourth-order valence-electron chi connectivity index (χ4n) is 2.75. The first kappa shape index (κ1) is 12.5. The maximum Gasteiger partial charge on any atom is 0.182 e. The van der Waals surface area contributed by atoms with Crippen LogP contribution in [0.1, 0.15) is 51.2 Å². The van der Waals surface area contributed by atoms with Crippen LogP contribution in [0.15, 0.2) is 0 Å². The predicted octanol–water partition coefficient (Wildman–Crippen LogP) is 1.74. The van der Waals surface area contributed by atoms with Crippen molar-refractivity contribution in [2.24, 2.45) is 5.92 Å². The van der Waals surface area contributed by atoms with Gasteiger partial charge in [0.2, 0.25) is 0 Å². The van der Waals surface area contributed by atoms with Crippen LogP contribution in [0.5, 0.6) is 0 Å². The SMILES string of the molecule is CCOC1(c2n[nH]c(CO)n2)CCCC(C)C1. The van der Waals surface area contributed by atoms with Gasteiger partial charge >= 0.3 is 0 Å². The molecular formula is C12H21N3O2. The second kappa shape index (κ2) is 5.14. The van der Waals surface area contributed by atoms with Gasteiger partial charge < -0.3 is 9.84 Å². The Morgan fingerprint density at radius 3 is 3.00 bits per heavy atom. The normalized spacial score (nSPS) is 29.5. The van der Waals surface area contributed by atoms with E-state index in [4.69, 9.17) is 9.84 Å². The van der Waals surface area contributed by atoms with E-state index < -0.39 is 0 Å². The Labute approximate surface area is 102 Å². The summed E-state index contributed by atoms with van der Waals surface area (Å²) in [6, 6.07) is 0. The second-order valence-electron chi connectivity index (χ2n) is 4.89. The zero-order chi connectivity index (χ0) is 12.3. The van der Waals surface area contributed by atoms with Crippen molar-refractivity contribution in [3.8, 4) is 0 Å². The van der Waals surface area contributed by atoms with Crippen molar-refractivity contribution in [1.82, 2.24) is 15.2 Å². The number of nitrogens with zero attached hydrogens (tertiary/aromatic N) is 2. The van der Waals surface area contributed by atoms with E-state index in [0.717, 1.165) is 19.3 Å². The third kappa shape index (κ3) is 2.50. The Balaban J connectivity index is 2.26. The van der Waals surface area contributed by atoms with Gasteiger partial charge in [0.25, 0.3) is 0 Å². The number of hydrogen-bond acceptors (Lipinski definition) is 4. The zero-order valence-corrected chi connectivity index (χ0v) is 10.6. The molecule has 1 aliphatic rings. The maximum atomic E-state index is 9.04. The molecule has 2 atom stereocenters. The molecule has 1 saturated carbocycles. The number of hydrogen-bond donors (Lipinski definition) is 2. The van der Waals surface area contributed by atoms with Crippen molar-refractivity contribution in [1.29, 1.82) is 0 Å². The molecule has 2 unspecified atom stereocenters. The van der Waals surface area contributed by atoms with Gasteiger partial charge in [-0.1, -0.05) is 13.3 Å².